The van der Waals surface area contributed by atoms with Crippen LogP contribution in [0.3, 0.4) is 0 Å². The molecule has 7 heteroatoms. The fourth-order valence-corrected chi connectivity index (χ4v) is 4.80. The second-order valence-corrected chi connectivity index (χ2v) is 8.36. The summed E-state index contributed by atoms with van der Waals surface area (Å²) in [5.74, 6) is -0.129. The largest absolute Gasteiger partial charge is 0.496 e. The lowest BCUT2D eigenvalue weighted by Crippen LogP contribution is -2.28. The summed E-state index contributed by atoms with van der Waals surface area (Å²) in [5, 5.41) is 6.11. The fraction of sp³-hybridized carbons (Fsp3) is 0.333. The second kappa shape index (κ2) is 6.84. The van der Waals surface area contributed by atoms with Crippen molar-refractivity contribution in [3.8, 4) is 5.75 Å². The zero-order valence-corrected chi connectivity index (χ0v) is 15.0. The van der Waals surface area contributed by atoms with E-state index in [2.05, 4.69) is 10.5 Å². The van der Waals surface area contributed by atoms with Crippen LogP contribution in [0.2, 0.25) is 0 Å². The lowest BCUT2D eigenvalue weighted by atomic mass is 10.0. The number of hydrazone groups is 1. The Morgan fingerprint density at radius 3 is 2.56 bits per heavy atom. The summed E-state index contributed by atoms with van der Waals surface area (Å²) in [5.41, 5.74) is 4.04. The Hall–Kier alpha value is -2.41. The number of rotatable bonds is 4. The second-order valence-electron chi connectivity index (χ2n) is 6.13. The van der Waals surface area contributed by atoms with Crippen molar-refractivity contribution in [1.82, 2.24) is 5.43 Å². The highest BCUT2D eigenvalue weighted by atomic mass is 32.2. The van der Waals surface area contributed by atoms with E-state index in [1.54, 1.807) is 14.0 Å². The highest BCUT2D eigenvalue weighted by Gasteiger charge is 2.32. The molecule has 1 amide bonds. The quantitative estimate of drug-likeness (QED) is 0.669. The normalized spacial score (nSPS) is 19.8. The van der Waals surface area contributed by atoms with E-state index in [0.29, 0.717) is 12.1 Å². The van der Waals surface area contributed by atoms with Crippen molar-refractivity contribution in [2.45, 2.75) is 13.3 Å². The number of hydrogen-bond donors (Lipinski definition) is 1. The number of methoxy groups -OCH3 is 1. The van der Waals surface area contributed by atoms with Gasteiger partial charge in [-0.3, -0.25) is 4.79 Å². The summed E-state index contributed by atoms with van der Waals surface area (Å²) in [7, 11) is -1.47. The molecule has 0 saturated carbocycles. The van der Waals surface area contributed by atoms with Gasteiger partial charge in [0.2, 0.25) is 5.91 Å². The highest BCUT2D eigenvalue weighted by molar-refractivity contribution is 7.91. The third kappa shape index (κ3) is 3.66. The number of hydrogen-bond acceptors (Lipinski definition) is 5. The van der Waals surface area contributed by atoms with Gasteiger partial charge in [-0.15, -0.1) is 0 Å². The lowest BCUT2D eigenvalue weighted by Gasteiger charge is -2.11. The Morgan fingerprint density at radius 2 is 1.92 bits per heavy atom. The van der Waals surface area contributed by atoms with Gasteiger partial charge in [0.05, 0.1) is 30.2 Å². The Labute approximate surface area is 146 Å². The van der Waals surface area contributed by atoms with Crippen LogP contribution in [0, 0.1) is 5.92 Å². The van der Waals surface area contributed by atoms with E-state index in [-0.39, 0.29) is 17.4 Å². The van der Waals surface area contributed by atoms with Gasteiger partial charge in [-0.25, -0.2) is 13.8 Å². The minimum Gasteiger partial charge on any atom is -0.496 e. The van der Waals surface area contributed by atoms with Gasteiger partial charge in [0.1, 0.15) is 5.75 Å². The van der Waals surface area contributed by atoms with Crippen LogP contribution in [0.15, 0.2) is 41.5 Å². The Balaban J connectivity index is 1.84. The summed E-state index contributed by atoms with van der Waals surface area (Å²) in [6.45, 7) is 1.81. The van der Waals surface area contributed by atoms with Crippen molar-refractivity contribution in [3.63, 3.8) is 0 Å². The highest BCUT2D eigenvalue weighted by Crippen LogP contribution is 2.28. The Bertz CT molecular complexity index is 951. The molecule has 0 radical (unpaired) electrons. The van der Waals surface area contributed by atoms with E-state index < -0.39 is 15.8 Å². The van der Waals surface area contributed by atoms with Gasteiger partial charge in [-0.1, -0.05) is 24.3 Å². The number of nitrogens with zero attached hydrogens (tertiary/aromatic N) is 1. The van der Waals surface area contributed by atoms with E-state index >= 15 is 0 Å². The molecule has 2 aromatic carbocycles. The maximum Gasteiger partial charge on any atom is 0.244 e. The predicted molar refractivity (Wildman–Crippen MR) is 97.6 cm³/mol. The van der Waals surface area contributed by atoms with Crippen molar-refractivity contribution >= 4 is 32.2 Å². The summed E-state index contributed by atoms with van der Waals surface area (Å²) in [4.78, 5) is 12.1. The first-order valence-electron chi connectivity index (χ1n) is 8.02. The van der Waals surface area contributed by atoms with Gasteiger partial charge >= 0.3 is 0 Å². The van der Waals surface area contributed by atoms with Crippen molar-refractivity contribution < 1.29 is 17.9 Å². The van der Waals surface area contributed by atoms with Crippen molar-refractivity contribution in [2.24, 2.45) is 11.0 Å². The smallest absolute Gasteiger partial charge is 0.244 e. The van der Waals surface area contributed by atoms with Crippen LogP contribution in [-0.4, -0.2) is 38.7 Å². The molecule has 1 aliphatic heterocycles. The van der Waals surface area contributed by atoms with Gasteiger partial charge < -0.3 is 4.74 Å². The average molecular weight is 360 g/mol. The number of benzene rings is 2. The number of sulfone groups is 1. The number of carbonyl (C=O) groups is 1. The van der Waals surface area contributed by atoms with Gasteiger partial charge in [-0.05, 0) is 30.9 Å². The summed E-state index contributed by atoms with van der Waals surface area (Å²) in [6, 6.07) is 11.6. The third-order valence-corrected chi connectivity index (χ3v) is 6.20. The average Bonchev–Trinajstić information content (AvgIpc) is 2.98. The van der Waals surface area contributed by atoms with Crippen molar-refractivity contribution in [3.05, 3.63) is 42.0 Å². The van der Waals surface area contributed by atoms with Gasteiger partial charge in [0, 0.05) is 10.9 Å². The molecule has 1 atom stereocenters. The first-order chi connectivity index (χ1) is 11.9. The summed E-state index contributed by atoms with van der Waals surface area (Å²) in [6.07, 6.45) is 0.355. The minimum absolute atomic E-state index is 0.0664. The molecule has 132 valence electrons. The monoisotopic (exact) mass is 360 g/mol. The van der Waals surface area contributed by atoms with Crippen LogP contribution in [0.1, 0.15) is 18.9 Å². The number of nitrogens with one attached hydrogen (secondary N) is 1. The first kappa shape index (κ1) is 17.4. The molecule has 0 aliphatic carbocycles. The molecule has 3 rings (SSSR count). The topological polar surface area (TPSA) is 84.8 Å². The molecule has 0 aromatic heterocycles. The molecule has 0 unspecified atom stereocenters. The van der Waals surface area contributed by atoms with Crippen LogP contribution in [0.4, 0.5) is 0 Å². The molecule has 0 bridgehead atoms. The predicted octanol–water partition coefficient (Wildman–Crippen LogP) is 2.12. The zero-order chi connectivity index (χ0) is 18.0. The standard InChI is InChI=1S/C18H20N2O4S/c1-12(19-20-18(21)13-9-10-25(22,23)11-13)14-7-8-17(24-2)16-6-4-3-5-15(14)16/h3-8,13H,9-11H2,1-2H3,(H,20,21)/b19-12-/t13-/m1/s1. The van der Waals surface area contributed by atoms with Crippen LogP contribution in [0.5, 0.6) is 5.75 Å². The molecular weight excluding hydrogens is 340 g/mol. The first-order valence-corrected chi connectivity index (χ1v) is 9.84. The Morgan fingerprint density at radius 1 is 1.20 bits per heavy atom. The third-order valence-electron chi connectivity index (χ3n) is 4.43. The van der Waals surface area contributed by atoms with E-state index in [9.17, 15) is 13.2 Å². The maximum absolute atomic E-state index is 12.1. The van der Waals surface area contributed by atoms with E-state index in [1.165, 1.54) is 0 Å². The molecule has 1 heterocycles. The van der Waals surface area contributed by atoms with E-state index in [0.717, 1.165) is 22.1 Å². The van der Waals surface area contributed by atoms with Crippen LogP contribution in [-0.2, 0) is 14.6 Å². The molecule has 6 nitrogen and oxygen atoms in total. The lowest BCUT2D eigenvalue weighted by molar-refractivity contribution is -0.124. The molecule has 25 heavy (non-hydrogen) atoms. The summed E-state index contributed by atoms with van der Waals surface area (Å²) < 4.78 is 28.3. The van der Waals surface area contributed by atoms with Crippen molar-refractivity contribution in [1.29, 1.82) is 0 Å². The molecule has 1 fully saturated rings. The van der Waals surface area contributed by atoms with Gasteiger partial charge in [0.25, 0.3) is 0 Å². The number of carbonyl (C=O) groups excluding carboxylic acids is 1. The van der Waals surface area contributed by atoms with Crippen LogP contribution < -0.4 is 10.2 Å². The fourth-order valence-electron chi connectivity index (χ4n) is 3.06. The van der Waals surface area contributed by atoms with Crippen molar-refractivity contribution in [2.75, 3.05) is 18.6 Å². The molecular formula is C18H20N2O4S. The molecule has 1 saturated heterocycles. The minimum atomic E-state index is -3.09. The molecule has 1 aliphatic rings. The zero-order valence-electron chi connectivity index (χ0n) is 14.2. The van der Waals surface area contributed by atoms with Gasteiger partial charge in [0.15, 0.2) is 9.84 Å². The SMILES string of the molecule is COc1ccc(/C(C)=N\NC(=O)[C@@H]2CCS(=O)(=O)C2)c2ccccc12. The molecule has 0 spiro atoms. The molecule has 2 aromatic rings. The summed E-state index contributed by atoms with van der Waals surface area (Å²) >= 11 is 0. The number of amides is 1. The Kier molecular flexibility index (Phi) is 4.76. The number of fused-ring (bicyclic) bond motifs is 1. The van der Waals surface area contributed by atoms with Crippen LogP contribution in [0.25, 0.3) is 10.8 Å². The van der Waals surface area contributed by atoms with Crippen LogP contribution >= 0.6 is 0 Å². The number of ether oxygens (including phenoxy) is 1. The van der Waals surface area contributed by atoms with Gasteiger partial charge in [-0.2, -0.15) is 5.10 Å². The van der Waals surface area contributed by atoms with E-state index in [1.807, 2.05) is 36.4 Å². The maximum atomic E-state index is 12.1. The van der Waals surface area contributed by atoms with E-state index in [4.69, 9.17) is 4.74 Å². The molecule has 1 N–H and O–H groups in total.